The number of carbonyl (C=O) groups excluding carboxylic acids is 2. The first-order chi connectivity index (χ1) is 17.6. The average molecular weight is 574 g/mol. The molecule has 2 aliphatic heterocycles. The van der Waals surface area contributed by atoms with Crippen molar-refractivity contribution in [3.05, 3.63) is 62.6 Å². The van der Waals surface area contributed by atoms with Gasteiger partial charge in [-0.2, -0.15) is 9.37 Å². The molecule has 2 aromatic carbocycles. The number of fused-ring (bicyclic) bond motifs is 1. The molecule has 1 saturated heterocycles. The molecule has 2 aliphatic rings. The number of imide groups is 1. The Balaban J connectivity index is 1.89. The lowest BCUT2D eigenvalue weighted by Gasteiger charge is -2.32. The van der Waals surface area contributed by atoms with E-state index in [9.17, 15) is 19.5 Å². The van der Waals surface area contributed by atoms with Crippen molar-refractivity contribution in [2.75, 3.05) is 26.9 Å². The molecule has 0 bridgehead atoms. The summed E-state index contributed by atoms with van der Waals surface area (Å²) in [7, 11) is 1.56. The van der Waals surface area contributed by atoms with Crippen molar-refractivity contribution in [1.29, 1.82) is 0 Å². The number of carboxylic acids is 1. The lowest BCUT2D eigenvalue weighted by atomic mass is 9.99. The molecule has 3 amide bonds. The van der Waals surface area contributed by atoms with Crippen LogP contribution in [-0.4, -0.2) is 66.4 Å². The van der Waals surface area contributed by atoms with Crippen molar-refractivity contribution < 1.29 is 33.7 Å². The quantitative estimate of drug-likeness (QED) is 0.484. The molecule has 4 rings (SSSR count). The number of carboxylic acid groups (broad SMARTS) is 1. The number of para-hydroxylation sites is 1. The lowest BCUT2D eigenvalue weighted by molar-refractivity contribution is -0.146. The first-order valence-corrected chi connectivity index (χ1v) is 12.8. The minimum Gasteiger partial charge on any atom is -0.496 e. The van der Waals surface area contributed by atoms with Gasteiger partial charge in [-0.25, -0.2) is 9.59 Å². The number of hydrogen-bond donors (Lipinski definition) is 1. The standard InChI is InChI=1S/C27H29BrN2O7/c1-16-13-19-21(14-20(16)28)29(26(34)30(24(19)31)27(2,3)25(32)33)15-23(37-17-9-11-36-12-10-17)18-7-5-6-8-22(18)35-4/h5-8,13-14,17,23H,1,9-12,15H2,2-4H3/p+1. The molecule has 1 N–H and O–H groups in total. The molecule has 37 heavy (non-hydrogen) atoms. The van der Waals surface area contributed by atoms with E-state index in [1.54, 1.807) is 19.2 Å². The summed E-state index contributed by atoms with van der Waals surface area (Å²) >= 11 is 3.45. The fourth-order valence-corrected chi connectivity index (χ4v) is 4.89. The van der Waals surface area contributed by atoms with Crippen molar-refractivity contribution in [3.8, 4) is 5.75 Å². The van der Waals surface area contributed by atoms with Gasteiger partial charge in [0.15, 0.2) is 0 Å². The molecule has 9 nitrogen and oxygen atoms in total. The molecule has 1 unspecified atom stereocenters. The summed E-state index contributed by atoms with van der Waals surface area (Å²) in [4.78, 5) is 40.3. The first kappa shape index (κ1) is 27.0. The summed E-state index contributed by atoms with van der Waals surface area (Å²) in [6.07, 6.45) is 0.661. The highest BCUT2D eigenvalue weighted by molar-refractivity contribution is 9.10. The molecule has 10 heteroatoms. The van der Waals surface area contributed by atoms with Crippen molar-refractivity contribution >= 4 is 40.4 Å². The van der Waals surface area contributed by atoms with Gasteiger partial charge in [-0.15, -0.1) is 4.90 Å². The molecule has 2 heterocycles. The van der Waals surface area contributed by atoms with Crippen molar-refractivity contribution in [3.63, 3.8) is 0 Å². The van der Waals surface area contributed by atoms with Crippen LogP contribution in [-0.2, 0) is 14.3 Å². The van der Waals surface area contributed by atoms with E-state index >= 15 is 0 Å². The summed E-state index contributed by atoms with van der Waals surface area (Å²) in [6.45, 7) is 7.77. The van der Waals surface area contributed by atoms with E-state index in [-0.39, 0.29) is 18.2 Å². The second kappa shape index (κ2) is 10.7. The third kappa shape index (κ3) is 5.18. The Morgan fingerprint density at radius 2 is 1.95 bits per heavy atom. The van der Waals surface area contributed by atoms with E-state index in [0.717, 1.165) is 10.5 Å². The SMILES string of the molecule is C=c1cc2c(cc1Br)=[N+](CC(OC1CCOCC1)c1ccccc1OC)C(=O)N(C(C)(C)C(=O)O)C2=O. The number of halogens is 1. The number of hydrogen-bond acceptors (Lipinski definition) is 6. The smallest absolute Gasteiger partial charge is 0.496 e. The summed E-state index contributed by atoms with van der Waals surface area (Å²) in [5.41, 5.74) is -0.869. The Morgan fingerprint density at radius 3 is 2.59 bits per heavy atom. The van der Waals surface area contributed by atoms with Crippen LogP contribution in [0, 0.1) is 0 Å². The second-order valence-corrected chi connectivity index (χ2v) is 10.4. The summed E-state index contributed by atoms with van der Waals surface area (Å²) < 4.78 is 19.6. The largest absolute Gasteiger partial charge is 0.502 e. The molecule has 1 atom stereocenters. The molecule has 2 aromatic rings. The zero-order valence-corrected chi connectivity index (χ0v) is 22.6. The summed E-state index contributed by atoms with van der Waals surface area (Å²) in [5, 5.41) is 10.8. The fourth-order valence-electron chi connectivity index (χ4n) is 4.56. The van der Waals surface area contributed by atoms with Crippen LogP contribution in [0.5, 0.6) is 5.75 Å². The van der Waals surface area contributed by atoms with Crippen LogP contribution in [0.15, 0.2) is 40.9 Å². The molecule has 0 aromatic heterocycles. The predicted molar refractivity (Wildman–Crippen MR) is 139 cm³/mol. The zero-order chi connectivity index (χ0) is 26.9. The molecule has 0 spiro atoms. The summed E-state index contributed by atoms with van der Waals surface area (Å²) in [5.74, 6) is -1.40. The maximum atomic E-state index is 13.9. The number of methoxy groups -OCH3 is 1. The van der Waals surface area contributed by atoms with Gasteiger partial charge < -0.3 is 19.3 Å². The van der Waals surface area contributed by atoms with Crippen molar-refractivity contribution in [2.24, 2.45) is 0 Å². The molecule has 1 fully saturated rings. The van der Waals surface area contributed by atoms with Crippen molar-refractivity contribution in [1.82, 2.24) is 9.48 Å². The lowest BCUT2D eigenvalue weighted by Crippen LogP contribution is -2.64. The highest BCUT2D eigenvalue weighted by Gasteiger charge is 2.54. The number of benzene rings is 2. The van der Waals surface area contributed by atoms with Crippen LogP contribution in [0.4, 0.5) is 4.79 Å². The van der Waals surface area contributed by atoms with Gasteiger partial charge >= 0.3 is 17.9 Å². The average Bonchev–Trinajstić information content (AvgIpc) is 2.87. The van der Waals surface area contributed by atoms with E-state index in [1.807, 2.05) is 24.3 Å². The Kier molecular flexibility index (Phi) is 7.82. The number of rotatable bonds is 8. The Labute approximate surface area is 223 Å². The van der Waals surface area contributed by atoms with Crippen LogP contribution < -0.4 is 19.9 Å². The van der Waals surface area contributed by atoms with Gasteiger partial charge in [-0.1, -0.05) is 40.7 Å². The van der Waals surface area contributed by atoms with Crippen LogP contribution in [0.3, 0.4) is 0 Å². The topological polar surface area (TPSA) is 105 Å². The normalized spacial score (nSPS) is 17.5. The maximum Gasteiger partial charge on any atom is 0.502 e. The molecule has 0 radical (unpaired) electrons. The van der Waals surface area contributed by atoms with Crippen molar-refractivity contribution in [2.45, 2.75) is 44.4 Å². The fraction of sp³-hybridized carbons (Fsp3) is 0.407. The molecule has 0 aliphatic carbocycles. The number of urea groups is 1. The maximum absolute atomic E-state index is 13.9. The second-order valence-electron chi connectivity index (χ2n) is 9.54. The van der Waals surface area contributed by atoms with E-state index in [0.29, 0.717) is 46.9 Å². The highest BCUT2D eigenvalue weighted by atomic mass is 79.9. The predicted octanol–water partition coefficient (Wildman–Crippen LogP) is 2.74. The third-order valence-electron chi connectivity index (χ3n) is 6.75. The van der Waals surface area contributed by atoms with Crippen LogP contribution in [0.25, 0.3) is 6.58 Å². The summed E-state index contributed by atoms with van der Waals surface area (Å²) in [6, 6.07) is 9.87. The van der Waals surface area contributed by atoms with Crippen LogP contribution in [0.1, 0.15) is 48.7 Å². The van der Waals surface area contributed by atoms with Gasteiger partial charge in [0.25, 0.3) is 0 Å². The van der Waals surface area contributed by atoms with Crippen LogP contribution >= 0.6 is 15.9 Å². The van der Waals surface area contributed by atoms with Gasteiger partial charge in [-0.05, 0) is 44.0 Å². The van der Waals surface area contributed by atoms with Gasteiger partial charge in [-0.3, -0.25) is 0 Å². The molecule has 0 saturated carbocycles. The molecular formula is C27H30BrN2O7+. The minimum atomic E-state index is -1.79. The van der Waals surface area contributed by atoms with Gasteiger partial charge in [0.1, 0.15) is 29.3 Å². The first-order valence-electron chi connectivity index (χ1n) is 12.0. The van der Waals surface area contributed by atoms with E-state index in [4.69, 9.17) is 14.2 Å². The van der Waals surface area contributed by atoms with Gasteiger partial charge in [0.05, 0.1) is 13.2 Å². The van der Waals surface area contributed by atoms with E-state index < -0.39 is 29.6 Å². The number of ether oxygens (including phenoxy) is 3. The monoisotopic (exact) mass is 573 g/mol. The Hall–Kier alpha value is -3.08. The van der Waals surface area contributed by atoms with E-state index in [1.165, 1.54) is 18.4 Å². The highest BCUT2D eigenvalue weighted by Crippen LogP contribution is 2.31. The zero-order valence-electron chi connectivity index (χ0n) is 21.0. The van der Waals surface area contributed by atoms with Gasteiger partial charge in [0, 0.05) is 29.3 Å². The number of amides is 3. The van der Waals surface area contributed by atoms with E-state index in [2.05, 4.69) is 22.5 Å². The number of carbonyl (C=O) groups is 3. The number of nitrogens with zero attached hydrogens (tertiary/aromatic N) is 2. The van der Waals surface area contributed by atoms with Gasteiger partial charge in [0.2, 0.25) is 5.54 Å². The third-order valence-corrected chi connectivity index (χ3v) is 7.49. The Bertz CT molecular complexity index is 1350. The van der Waals surface area contributed by atoms with Crippen LogP contribution in [0.2, 0.25) is 0 Å². The molecule has 196 valence electrons. The number of aliphatic carboxylic acids is 1. The minimum absolute atomic E-state index is 0.0198. The molecular weight excluding hydrogens is 544 g/mol. The Morgan fingerprint density at radius 1 is 1.27 bits per heavy atom.